The molecule has 3 nitrogen and oxygen atoms in total. The van der Waals surface area contributed by atoms with Gasteiger partial charge in [0.05, 0.1) is 5.52 Å². The van der Waals surface area contributed by atoms with Crippen molar-refractivity contribution in [3.63, 3.8) is 0 Å². The maximum absolute atomic E-state index is 13.8. The second kappa shape index (κ2) is 4.78. The fourth-order valence-electron chi connectivity index (χ4n) is 2.70. The number of hydrogen-bond acceptors (Lipinski definition) is 3. The molecule has 0 unspecified atom stereocenters. The lowest BCUT2D eigenvalue weighted by atomic mass is 10.1. The van der Waals surface area contributed by atoms with Gasteiger partial charge in [0.15, 0.2) is 0 Å². The Kier molecular flexibility index (Phi) is 3.11. The predicted octanol–water partition coefficient (Wildman–Crippen LogP) is 2.48. The van der Waals surface area contributed by atoms with Gasteiger partial charge in [0.25, 0.3) is 0 Å². The van der Waals surface area contributed by atoms with Gasteiger partial charge in [-0.05, 0) is 32.0 Å². The molecule has 1 atom stereocenters. The molecule has 0 radical (unpaired) electrons. The lowest BCUT2D eigenvalue weighted by Crippen LogP contribution is -2.49. The maximum atomic E-state index is 13.8. The Morgan fingerprint density at radius 2 is 2.21 bits per heavy atom. The Labute approximate surface area is 112 Å². The quantitative estimate of drug-likeness (QED) is 0.852. The van der Waals surface area contributed by atoms with Crippen LogP contribution in [0, 0.1) is 12.7 Å². The van der Waals surface area contributed by atoms with Crippen LogP contribution in [0.4, 0.5) is 10.1 Å². The Hall–Kier alpha value is -1.68. The van der Waals surface area contributed by atoms with Gasteiger partial charge in [-0.3, -0.25) is 4.98 Å². The molecule has 0 saturated carbocycles. The summed E-state index contributed by atoms with van der Waals surface area (Å²) in [6.07, 6.45) is 0. The van der Waals surface area contributed by atoms with Crippen LogP contribution in [0.1, 0.15) is 12.6 Å². The predicted molar refractivity (Wildman–Crippen MR) is 76.1 cm³/mol. The molecular formula is C15H18FN3. The van der Waals surface area contributed by atoms with E-state index in [0.717, 1.165) is 41.9 Å². The second-order valence-electron chi connectivity index (χ2n) is 5.25. The first-order chi connectivity index (χ1) is 9.13. The van der Waals surface area contributed by atoms with E-state index in [1.54, 1.807) is 6.07 Å². The Bertz CT molecular complexity index is 606. The molecule has 0 spiro atoms. The summed E-state index contributed by atoms with van der Waals surface area (Å²) in [5, 5.41) is 4.43. The van der Waals surface area contributed by atoms with E-state index < -0.39 is 0 Å². The van der Waals surface area contributed by atoms with E-state index in [9.17, 15) is 4.39 Å². The van der Waals surface area contributed by atoms with E-state index in [1.807, 2.05) is 19.1 Å². The molecule has 0 amide bonds. The third kappa shape index (κ3) is 2.40. The molecule has 4 heteroatoms. The molecular weight excluding hydrogens is 241 g/mol. The number of nitrogens with one attached hydrogen (secondary N) is 1. The standard InChI is InChI=1S/C15H18FN3/c1-10-3-4-13-14(18-10)7-12(16)8-15(13)19-6-5-17-11(2)9-19/h3-4,7-8,11,17H,5-6,9H2,1-2H3/t11-/m1/s1. The van der Waals surface area contributed by atoms with Gasteiger partial charge in [0.1, 0.15) is 5.82 Å². The molecule has 19 heavy (non-hydrogen) atoms. The molecule has 1 aromatic heterocycles. The molecule has 1 fully saturated rings. The van der Waals surface area contributed by atoms with Gasteiger partial charge in [0.2, 0.25) is 0 Å². The number of fused-ring (bicyclic) bond motifs is 1. The lowest BCUT2D eigenvalue weighted by molar-refractivity contribution is 0.485. The van der Waals surface area contributed by atoms with Crippen LogP contribution in [0.2, 0.25) is 0 Å². The highest BCUT2D eigenvalue weighted by Gasteiger charge is 2.18. The average molecular weight is 259 g/mol. The van der Waals surface area contributed by atoms with Gasteiger partial charge in [-0.15, -0.1) is 0 Å². The summed E-state index contributed by atoms with van der Waals surface area (Å²) in [5.41, 5.74) is 2.61. The van der Waals surface area contributed by atoms with Crippen molar-refractivity contribution in [2.24, 2.45) is 0 Å². The van der Waals surface area contributed by atoms with E-state index in [1.165, 1.54) is 6.07 Å². The van der Waals surface area contributed by atoms with Gasteiger partial charge in [-0.1, -0.05) is 0 Å². The number of benzene rings is 1. The number of anilines is 1. The summed E-state index contributed by atoms with van der Waals surface area (Å²) in [7, 11) is 0. The molecule has 100 valence electrons. The minimum absolute atomic E-state index is 0.216. The Morgan fingerprint density at radius 1 is 1.37 bits per heavy atom. The molecule has 1 aromatic carbocycles. The monoisotopic (exact) mass is 259 g/mol. The number of nitrogens with zero attached hydrogens (tertiary/aromatic N) is 2. The number of piperazine rings is 1. The summed E-state index contributed by atoms with van der Waals surface area (Å²) >= 11 is 0. The minimum Gasteiger partial charge on any atom is -0.368 e. The minimum atomic E-state index is -0.216. The van der Waals surface area contributed by atoms with Gasteiger partial charge >= 0.3 is 0 Å². The van der Waals surface area contributed by atoms with Crippen LogP contribution in [0.15, 0.2) is 24.3 Å². The fourth-order valence-corrected chi connectivity index (χ4v) is 2.70. The van der Waals surface area contributed by atoms with Crippen molar-refractivity contribution in [2.75, 3.05) is 24.5 Å². The maximum Gasteiger partial charge on any atom is 0.127 e. The van der Waals surface area contributed by atoms with Gasteiger partial charge < -0.3 is 10.2 Å². The van der Waals surface area contributed by atoms with Crippen LogP contribution in [0.3, 0.4) is 0 Å². The zero-order chi connectivity index (χ0) is 13.4. The van der Waals surface area contributed by atoms with Crippen LogP contribution in [-0.4, -0.2) is 30.7 Å². The molecule has 1 aliphatic rings. The number of aryl methyl sites for hydroxylation is 1. The first-order valence-electron chi connectivity index (χ1n) is 6.69. The van der Waals surface area contributed by atoms with Crippen LogP contribution in [0.25, 0.3) is 10.9 Å². The SMILES string of the molecule is Cc1ccc2c(N3CCN[C@H](C)C3)cc(F)cc2n1. The van der Waals surface area contributed by atoms with Gasteiger partial charge in [-0.2, -0.15) is 0 Å². The van der Waals surface area contributed by atoms with Crippen LogP contribution < -0.4 is 10.2 Å². The molecule has 2 heterocycles. The summed E-state index contributed by atoms with van der Waals surface area (Å²) < 4.78 is 13.8. The van der Waals surface area contributed by atoms with Crippen molar-refractivity contribution < 1.29 is 4.39 Å². The summed E-state index contributed by atoms with van der Waals surface area (Å²) in [6, 6.07) is 7.58. The van der Waals surface area contributed by atoms with Crippen LogP contribution >= 0.6 is 0 Å². The van der Waals surface area contributed by atoms with Crippen LogP contribution in [-0.2, 0) is 0 Å². The fraction of sp³-hybridized carbons (Fsp3) is 0.400. The van der Waals surface area contributed by atoms with Crippen molar-refractivity contribution in [3.8, 4) is 0 Å². The Balaban J connectivity index is 2.11. The molecule has 0 aliphatic carbocycles. The largest absolute Gasteiger partial charge is 0.368 e. The summed E-state index contributed by atoms with van der Waals surface area (Å²) in [4.78, 5) is 6.67. The van der Waals surface area contributed by atoms with E-state index in [0.29, 0.717) is 6.04 Å². The highest BCUT2D eigenvalue weighted by Crippen LogP contribution is 2.28. The van der Waals surface area contributed by atoms with E-state index >= 15 is 0 Å². The number of hydrogen-bond donors (Lipinski definition) is 1. The molecule has 3 rings (SSSR count). The van der Waals surface area contributed by atoms with E-state index in [2.05, 4.69) is 22.1 Å². The van der Waals surface area contributed by atoms with E-state index in [-0.39, 0.29) is 5.82 Å². The average Bonchev–Trinajstić information content (AvgIpc) is 2.37. The number of pyridine rings is 1. The first kappa shape index (κ1) is 12.4. The first-order valence-corrected chi connectivity index (χ1v) is 6.69. The zero-order valence-corrected chi connectivity index (χ0v) is 11.3. The highest BCUT2D eigenvalue weighted by atomic mass is 19.1. The molecule has 1 N–H and O–H groups in total. The highest BCUT2D eigenvalue weighted by molar-refractivity contribution is 5.92. The number of halogens is 1. The number of rotatable bonds is 1. The van der Waals surface area contributed by atoms with Crippen molar-refractivity contribution >= 4 is 16.6 Å². The molecule has 1 aliphatic heterocycles. The zero-order valence-electron chi connectivity index (χ0n) is 11.3. The summed E-state index contributed by atoms with van der Waals surface area (Å²) in [6.45, 7) is 6.80. The molecule has 2 aromatic rings. The third-order valence-corrected chi connectivity index (χ3v) is 3.60. The normalized spacial score (nSPS) is 19.9. The Morgan fingerprint density at radius 3 is 3.00 bits per heavy atom. The second-order valence-corrected chi connectivity index (χ2v) is 5.25. The molecule has 0 bridgehead atoms. The van der Waals surface area contributed by atoms with Crippen molar-refractivity contribution in [2.45, 2.75) is 19.9 Å². The molecule has 1 saturated heterocycles. The van der Waals surface area contributed by atoms with E-state index in [4.69, 9.17) is 0 Å². The topological polar surface area (TPSA) is 28.2 Å². The smallest absolute Gasteiger partial charge is 0.127 e. The lowest BCUT2D eigenvalue weighted by Gasteiger charge is -2.34. The van der Waals surface area contributed by atoms with Crippen LogP contribution in [0.5, 0.6) is 0 Å². The third-order valence-electron chi connectivity index (χ3n) is 3.60. The van der Waals surface area contributed by atoms with Crippen molar-refractivity contribution in [1.29, 1.82) is 0 Å². The van der Waals surface area contributed by atoms with Crippen molar-refractivity contribution in [1.82, 2.24) is 10.3 Å². The van der Waals surface area contributed by atoms with Gasteiger partial charge in [0, 0.05) is 48.5 Å². The van der Waals surface area contributed by atoms with Gasteiger partial charge in [-0.25, -0.2) is 4.39 Å². The van der Waals surface area contributed by atoms with Crippen molar-refractivity contribution in [3.05, 3.63) is 35.8 Å². The number of aromatic nitrogens is 1. The summed E-state index contributed by atoms with van der Waals surface area (Å²) in [5.74, 6) is -0.216.